The number of benzene rings is 15. The van der Waals surface area contributed by atoms with Gasteiger partial charge in [-0.05, 0) is 136 Å². The van der Waals surface area contributed by atoms with Gasteiger partial charge in [-0.25, -0.2) is 29.9 Å². The van der Waals surface area contributed by atoms with Crippen LogP contribution in [-0.4, -0.2) is 29.9 Å². The highest BCUT2D eigenvalue weighted by Gasteiger charge is 2.25. The van der Waals surface area contributed by atoms with Crippen LogP contribution in [0, 0.1) is 0 Å². The topological polar surface area (TPSA) is 130 Å². The SMILES string of the molecule is c1ccc(-c2cccc(-c3nc(-c4cccc(-c5ccccc5)c4)nc(-c4ccc(-c5ccc6oc7ccccc7c6c5)c5oc6ccccc6c45)n3)c2)cc1.c1ccc(-c2cccc(-c3nc(-c4ccccc4)nc(-c4ccc(-c5ccc6oc7ccccc7c6c5)c5oc6ccccc6c45)n3)c2)cc1. The monoisotopic (exact) mass is 1360 g/mol. The van der Waals surface area contributed by atoms with Crippen LogP contribution in [0.3, 0.4) is 0 Å². The van der Waals surface area contributed by atoms with Crippen molar-refractivity contribution in [1.29, 1.82) is 0 Å². The molecule has 0 saturated carbocycles. The molecule has 0 spiro atoms. The lowest BCUT2D eigenvalue weighted by molar-refractivity contribution is 0.668. The molecule has 6 heterocycles. The van der Waals surface area contributed by atoms with E-state index in [1.54, 1.807) is 0 Å². The first-order valence-corrected chi connectivity index (χ1v) is 35.3. The van der Waals surface area contributed by atoms with E-state index in [4.69, 9.17) is 47.6 Å². The molecule has 0 saturated heterocycles. The molecule has 0 unspecified atom stereocenters. The van der Waals surface area contributed by atoms with E-state index in [2.05, 4.69) is 218 Å². The molecule has 10 nitrogen and oxygen atoms in total. The van der Waals surface area contributed by atoms with Crippen LogP contribution < -0.4 is 0 Å². The smallest absolute Gasteiger partial charge is 0.164 e. The Balaban J connectivity index is 0.000000141. The first kappa shape index (κ1) is 61.4. The molecule has 0 bridgehead atoms. The van der Waals surface area contributed by atoms with Crippen molar-refractivity contribution in [3.05, 3.63) is 352 Å². The number of nitrogens with zero attached hydrogens (tertiary/aromatic N) is 6. The van der Waals surface area contributed by atoms with Gasteiger partial charge in [0.1, 0.15) is 44.7 Å². The quantitative estimate of drug-likeness (QED) is 0.123. The molecule has 0 fully saturated rings. The molecular weight excluding hydrogens is 1300 g/mol. The minimum Gasteiger partial charge on any atom is -0.456 e. The average molecular weight is 1360 g/mol. The van der Waals surface area contributed by atoms with Crippen LogP contribution in [0.15, 0.2) is 370 Å². The number of para-hydroxylation sites is 4. The zero-order valence-corrected chi connectivity index (χ0v) is 56.8. The van der Waals surface area contributed by atoms with Gasteiger partial charge >= 0.3 is 0 Å². The Morgan fingerprint density at radius 1 is 0.151 bits per heavy atom. The molecule has 6 aromatic heterocycles. The lowest BCUT2D eigenvalue weighted by atomic mass is 9.97. The summed E-state index contributed by atoms with van der Waals surface area (Å²) < 4.78 is 25.7. The van der Waals surface area contributed by atoms with Crippen molar-refractivity contribution in [1.82, 2.24) is 29.9 Å². The van der Waals surface area contributed by atoms with Crippen molar-refractivity contribution in [3.63, 3.8) is 0 Å². The van der Waals surface area contributed by atoms with Gasteiger partial charge < -0.3 is 17.7 Å². The third-order valence-corrected chi connectivity index (χ3v) is 19.9. The first-order chi connectivity index (χ1) is 52.5. The van der Waals surface area contributed by atoms with Crippen LogP contribution in [0.4, 0.5) is 0 Å². The van der Waals surface area contributed by atoms with Gasteiger partial charge in [-0.3, -0.25) is 0 Å². The fourth-order valence-corrected chi connectivity index (χ4v) is 14.8. The minimum atomic E-state index is 0.569. The average Bonchev–Trinajstić information content (AvgIpc) is 1.57. The molecule has 0 amide bonds. The fourth-order valence-electron chi connectivity index (χ4n) is 14.8. The van der Waals surface area contributed by atoms with E-state index in [1.165, 1.54) is 0 Å². The van der Waals surface area contributed by atoms with Crippen molar-refractivity contribution in [2.45, 2.75) is 0 Å². The Morgan fingerprint density at radius 3 is 0.802 bits per heavy atom. The summed E-state index contributed by atoms with van der Waals surface area (Å²) in [6.45, 7) is 0. The van der Waals surface area contributed by atoms with Crippen molar-refractivity contribution < 1.29 is 17.7 Å². The van der Waals surface area contributed by atoms with Crippen molar-refractivity contribution in [2.75, 3.05) is 0 Å². The zero-order chi connectivity index (χ0) is 70.0. The van der Waals surface area contributed by atoms with E-state index in [-0.39, 0.29) is 0 Å². The molecule has 106 heavy (non-hydrogen) atoms. The second-order valence-electron chi connectivity index (χ2n) is 26.4. The third kappa shape index (κ3) is 11.1. The number of rotatable bonds is 11. The lowest BCUT2D eigenvalue weighted by Crippen LogP contribution is -2.01. The largest absolute Gasteiger partial charge is 0.456 e. The summed E-state index contributed by atoms with van der Waals surface area (Å²) in [6, 6.07) is 120. The Labute approximate surface area is 607 Å². The molecule has 0 aliphatic heterocycles. The molecule has 21 aromatic rings. The van der Waals surface area contributed by atoms with Crippen molar-refractivity contribution in [2.24, 2.45) is 0 Å². The molecule has 0 aliphatic carbocycles. The van der Waals surface area contributed by atoms with Gasteiger partial charge in [0.05, 0.1) is 0 Å². The summed E-state index contributed by atoms with van der Waals surface area (Å²) >= 11 is 0. The highest BCUT2D eigenvalue weighted by Crippen LogP contribution is 2.46. The van der Waals surface area contributed by atoms with Gasteiger partial charge in [-0.2, -0.15) is 0 Å². The highest BCUT2D eigenvalue weighted by molar-refractivity contribution is 6.18. The summed E-state index contributed by atoms with van der Waals surface area (Å²) in [4.78, 5) is 30.9. The van der Waals surface area contributed by atoms with E-state index >= 15 is 0 Å². The molecule has 0 atom stereocenters. The molecular formula is C96H58N6O4. The molecule has 0 aliphatic rings. The molecule has 496 valence electrons. The summed E-state index contributed by atoms with van der Waals surface area (Å²) in [5.41, 5.74) is 22.7. The predicted octanol–water partition coefficient (Wildman–Crippen LogP) is 25.7. The van der Waals surface area contributed by atoms with E-state index in [1.807, 2.05) is 133 Å². The van der Waals surface area contributed by atoms with Gasteiger partial charge in [-0.15, -0.1) is 0 Å². The Morgan fingerprint density at radius 2 is 0.425 bits per heavy atom. The summed E-state index contributed by atoms with van der Waals surface area (Å²) in [6.07, 6.45) is 0. The van der Waals surface area contributed by atoms with Crippen LogP contribution in [-0.2, 0) is 0 Å². The Hall–Kier alpha value is -14.5. The van der Waals surface area contributed by atoms with Gasteiger partial charge in [-0.1, -0.05) is 261 Å². The number of furan rings is 4. The van der Waals surface area contributed by atoms with E-state index in [0.29, 0.717) is 34.9 Å². The van der Waals surface area contributed by atoms with Crippen LogP contribution in [0.1, 0.15) is 0 Å². The van der Waals surface area contributed by atoms with E-state index in [9.17, 15) is 0 Å². The normalized spacial score (nSPS) is 11.6. The molecule has 21 rings (SSSR count). The first-order valence-electron chi connectivity index (χ1n) is 35.3. The zero-order valence-electron chi connectivity index (χ0n) is 56.8. The predicted molar refractivity (Wildman–Crippen MR) is 429 cm³/mol. The summed E-state index contributed by atoms with van der Waals surface area (Å²) in [5.74, 6) is 3.55. The second kappa shape index (κ2) is 25.8. The number of hydrogen-bond donors (Lipinski definition) is 0. The molecule has 10 heteroatoms. The maximum atomic E-state index is 6.75. The fraction of sp³-hybridized carbons (Fsp3) is 0. The Kier molecular flexibility index (Phi) is 15.0. The highest BCUT2D eigenvalue weighted by atomic mass is 16.3. The number of fused-ring (bicyclic) bond motifs is 12. The standard InChI is InChI=1S/C51H31N3O2.C45H27N3O2/c1-3-13-32(14-4-1)34-17-11-19-37(29-34)49-52-50(38-20-12-18-35(30-38)33-15-5-2-6-16-33)54-51(53-49)42-27-26-39(48-47(42)41-22-8-10-24-45(41)56-48)36-25-28-46-43(31-36)40-21-7-9-23-44(40)55-46;1-3-12-28(13-4-1)30-16-11-17-32(26-30)44-46-43(29-14-5-2-6-15-29)47-45(48-44)36-24-23-33(42-41(36)35-19-8-10-21-39(35)50-42)31-22-25-40-37(27-31)34-18-7-9-20-38(34)49-40/h1-31H;1-27H. The second-order valence-corrected chi connectivity index (χ2v) is 26.4. The van der Waals surface area contributed by atoms with E-state index in [0.717, 1.165) is 177 Å². The van der Waals surface area contributed by atoms with Crippen LogP contribution >= 0.6 is 0 Å². The van der Waals surface area contributed by atoms with Gasteiger partial charge in [0, 0.05) is 87.6 Å². The van der Waals surface area contributed by atoms with Gasteiger partial charge in [0.2, 0.25) is 0 Å². The molecule has 0 N–H and O–H groups in total. The minimum absolute atomic E-state index is 0.569. The van der Waals surface area contributed by atoms with Crippen molar-refractivity contribution in [3.8, 4) is 124 Å². The molecule has 15 aromatic carbocycles. The third-order valence-electron chi connectivity index (χ3n) is 19.9. The van der Waals surface area contributed by atoms with Crippen LogP contribution in [0.25, 0.3) is 212 Å². The Bertz CT molecular complexity index is 6860. The maximum absolute atomic E-state index is 6.75. The maximum Gasteiger partial charge on any atom is 0.164 e. The number of aromatic nitrogens is 6. The van der Waals surface area contributed by atoms with Gasteiger partial charge in [0.25, 0.3) is 0 Å². The van der Waals surface area contributed by atoms with Crippen LogP contribution in [0.5, 0.6) is 0 Å². The number of hydrogen-bond acceptors (Lipinski definition) is 10. The van der Waals surface area contributed by atoms with E-state index < -0.39 is 0 Å². The van der Waals surface area contributed by atoms with Crippen molar-refractivity contribution >= 4 is 87.8 Å². The lowest BCUT2D eigenvalue weighted by Gasteiger charge is -2.12. The summed E-state index contributed by atoms with van der Waals surface area (Å²) in [5, 5.41) is 8.22. The van der Waals surface area contributed by atoms with Crippen LogP contribution in [0.2, 0.25) is 0 Å². The van der Waals surface area contributed by atoms with Gasteiger partial charge in [0.15, 0.2) is 34.9 Å². The summed E-state index contributed by atoms with van der Waals surface area (Å²) in [7, 11) is 0. The molecule has 0 radical (unpaired) electrons.